The fraction of sp³-hybridized carbons (Fsp3) is 0.214. The first kappa shape index (κ1) is 23.8. The summed E-state index contributed by atoms with van der Waals surface area (Å²) in [5.74, 6) is 0.400. The maximum absolute atomic E-state index is 12.1. The summed E-state index contributed by atoms with van der Waals surface area (Å²) in [5.41, 5.74) is 6.43. The first-order valence-corrected chi connectivity index (χ1v) is 10.8. The molecule has 5 heteroatoms. The Bertz CT molecular complexity index is 1150. The van der Waals surface area contributed by atoms with Crippen molar-refractivity contribution in [3.63, 3.8) is 0 Å². The largest absolute Gasteiger partial charge is 0.489 e. The van der Waals surface area contributed by atoms with Gasteiger partial charge in [0.2, 0.25) is 0 Å². The standard InChI is InChI=1S/C28H29NO4/c1-5-25(28(30)31-4)26-9-7-6-8-24(26)19-32-27-15-14-23(16-21(27)3)17-29-33-18-22-12-10-20(2)11-13-22/h5-17H,18-19H2,1-4H3. The van der Waals surface area contributed by atoms with Gasteiger partial charge in [0.1, 0.15) is 19.0 Å². The number of hydrogen-bond donors (Lipinski definition) is 0. The van der Waals surface area contributed by atoms with Crippen LogP contribution in [-0.2, 0) is 27.6 Å². The second-order valence-electron chi connectivity index (χ2n) is 7.66. The lowest BCUT2D eigenvalue weighted by Gasteiger charge is -2.14. The van der Waals surface area contributed by atoms with E-state index >= 15 is 0 Å². The van der Waals surface area contributed by atoms with Gasteiger partial charge in [0.25, 0.3) is 0 Å². The third kappa shape index (κ3) is 6.56. The maximum Gasteiger partial charge on any atom is 0.338 e. The fourth-order valence-corrected chi connectivity index (χ4v) is 3.37. The molecule has 0 bridgehead atoms. The van der Waals surface area contributed by atoms with Gasteiger partial charge in [0.15, 0.2) is 0 Å². The number of benzene rings is 3. The molecule has 3 aromatic rings. The van der Waals surface area contributed by atoms with Gasteiger partial charge in [-0.2, -0.15) is 0 Å². The molecule has 0 amide bonds. The van der Waals surface area contributed by atoms with Crippen molar-refractivity contribution in [2.75, 3.05) is 7.11 Å². The molecular weight excluding hydrogens is 414 g/mol. The molecule has 0 atom stereocenters. The van der Waals surface area contributed by atoms with Crippen LogP contribution in [0.25, 0.3) is 5.57 Å². The zero-order valence-corrected chi connectivity index (χ0v) is 19.5. The Morgan fingerprint density at radius 1 is 0.970 bits per heavy atom. The van der Waals surface area contributed by atoms with E-state index in [9.17, 15) is 4.79 Å². The number of ether oxygens (including phenoxy) is 2. The summed E-state index contributed by atoms with van der Waals surface area (Å²) in [7, 11) is 1.38. The second kappa shape index (κ2) is 11.7. The molecule has 0 saturated carbocycles. The van der Waals surface area contributed by atoms with Crippen LogP contribution in [-0.4, -0.2) is 19.3 Å². The summed E-state index contributed by atoms with van der Waals surface area (Å²) >= 11 is 0. The quantitative estimate of drug-likeness (QED) is 0.176. The van der Waals surface area contributed by atoms with Crippen molar-refractivity contribution in [1.82, 2.24) is 0 Å². The topological polar surface area (TPSA) is 57.1 Å². The highest BCUT2D eigenvalue weighted by atomic mass is 16.6. The van der Waals surface area contributed by atoms with E-state index in [1.165, 1.54) is 12.7 Å². The SMILES string of the molecule is CC=C(C(=O)OC)c1ccccc1COc1ccc(C=NOCc2ccc(C)cc2)cc1C. The molecule has 0 fully saturated rings. The van der Waals surface area contributed by atoms with Crippen molar-refractivity contribution in [1.29, 1.82) is 0 Å². The molecule has 0 aromatic heterocycles. The molecule has 0 spiro atoms. The van der Waals surface area contributed by atoms with Gasteiger partial charge in [-0.1, -0.05) is 65.3 Å². The van der Waals surface area contributed by atoms with E-state index < -0.39 is 0 Å². The van der Waals surface area contributed by atoms with Gasteiger partial charge < -0.3 is 14.3 Å². The van der Waals surface area contributed by atoms with Crippen molar-refractivity contribution >= 4 is 17.8 Å². The Kier molecular flexibility index (Phi) is 8.42. The number of carbonyl (C=O) groups excluding carboxylic acids is 1. The lowest BCUT2D eigenvalue weighted by Crippen LogP contribution is -2.08. The molecule has 3 aromatic carbocycles. The average molecular weight is 444 g/mol. The van der Waals surface area contributed by atoms with Gasteiger partial charge in [-0.05, 0) is 66.8 Å². The molecule has 0 unspecified atom stereocenters. The minimum absolute atomic E-state index is 0.332. The van der Waals surface area contributed by atoms with E-state index in [-0.39, 0.29) is 5.97 Å². The Morgan fingerprint density at radius 2 is 1.73 bits per heavy atom. The van der Waals surface area contributed by atoms with E-state index in [0.29, 0.717) is 18.8 Å². The van der Waals surface area contributed by atoms with Crippen LogP contribution in [0.15, 0.2) is 78.0 Å². The van der Waals surface area contributed by atoms with Gasteiger partial charge in [-0.3, -0.25) is 0 Å². The number of esters is 1. The van der Waals surface area contributed by atoms with E-state index in [1.54, 1.807) is 12.3 Å². The van der Waals surface area contributed by atoms with Gasteiger partial charge >= 0.3 is 5.97 Å². The summed E-state index contributed by atoms with van der Waals surface area (Å²) in [6.07, 6.45) is 3.44. The van der Waals surface area contributed by atoms with Gasteiger partial charge in [0, 0.05) is 0 Å². The van der Waals surface area contributed by atoms with Crippen LogP contribution in [0.4, 0.5) is 0 Å². The summed E-state index contributed by atoms with van der Waals surface area (Å²) in [4.78, 5) is 17.5. The molecule has 0 saturated heterocycles. The van der Waals surface area contributed by atoms with Crippen LogP contribution in [0.3, 0.4) is 0 Å². The lowest BCUT2D eigenvalue weighted by atomic mass is 10.00. The molecule has 33 heavy (non-hydrogen) atoms. The highest BCUT2D eigenvalue weighted by molar-refractivity contribution is 6.16. The molecular formula is C28H29NO4. The van der Waals surface area contributed by atoms with E-state index in [1.807, 2.05) is 68.4 Å². The monoisotopic (exact) mass is 443 g/mol. The Labute approximate surface area is 195 Å². The van der Waals surface area contributed by atoms with Crippen LogP contribution in [0.2, 0.25) is 0 Å². The number of allylic oxidation sites excluding steroid dienone is 1. The van der Waals surface area contributed by atoms with Crippen molar-refractivity contribution < 1.29 is 19.1 Å². The van der Waals surface area contributed by atoms with Crippen LogP contribution in [0.1, 0.15) is 40.3 Å². The van der Waals surface area contributed by atoms with Gasteiger partial charge in [-0.25, -0.2) is 4.79 Å². The van der Waals surface area contributed by atoms with Crippen LogP contribution >= 0.6 is 0 Å². The molecule has 0 aliphatic rings. The number of rotatable bonds is 9. The summed E-state index contributed by atoms with van der Waals surface area (Å²) < 4.78 is 11.0. The lowest BCUT2D eigenvalue weighted by molar-refractivity contribution is -0.133. The molecule has 0 N–H and O–H groups in total. The number of hydrogen-bond acceptors (Lipinski definition) is 5. The summed E-state index contributed by atoms with van der Waals surface area (Å²) in [5, 5.41) is 4.07. The smallest absolute Gasteiger partial charge is 0.338 e. The van der Waals surface area contributed by atoms with Gasteiger partial charge in [0.05, 0.1) is 18.9 Å². The Hall–Kier alpha value is -3.86. The normalized spacial score (nSPS) is 11.5. The number of carbonyl (C=O) groups is 1. The van der Waals surface area contributed by atoms with E-state index in [4.69, 9.17) is 14.3 Å². The van der Waals surface area contributed by atoms with Crippen LogP contribution in [0, 0.1) is 13.8 Å². The van der Waals surface area contributed by atoms with Crippen molar-refractivity contribution in [2.24, 2.45) is 5.16 Å². The molecule has 0 aliphatic heterocycles. The fourth-order valence-electron chi connectivity index (χ4n) is 3.37. The van der Waals surface area contributed by atoms with Crippen LogP contribution in [0.5, 0.6) is 5.75 Å². The summed E-state index contributed by atoms with van der Waals surface area (Å²) in [6, 6.07) is 21.7. The molecule has 5 nitrogen and oxygen atoms in total. The van der Waals surface area contributed by atoms with E-state index in [0.717, 1.165) is 33.6 Å². The second-order valence-corrected chi connectivity index (χ2v) is 7.66. The Morgan fingerprint density at radius 3 is 2.42 bits per heavy atom. The first-order chi connectivity index (χ1) is 16.0. The number of oxime groups is 1. The number of aryl methyl sites for hydroxylation is 2. The third-order valence-corrected chi connectivity index (χ3v) is 5.21. The van der Waals surface area contributed by atoms with Crippen LogP contribution < -0.4 is 4.74 Å². The maximum atomic E-state index is 12.1. The molecule has 0 aliphatic carbocycles. The van der Waals surface area contributed by atoms with Crippen molar-refractivity contribution in [2.45, 2.75) is 34.0 Å². The molecule has 170 valence electrons. The molecule has 0 radical (unpaired) electrons. The highest BCUT2D eigenvalue weighted by Crippen LogP contribution is 2.24. The van der Waals surface area contributed by atoms with Crippen molar-refractivity contribution in [3.05, 3.63) is 106 Å². The highest BCUT2D eigenvalue weighted by Gasteiger charge is 2.15. The molecule has 3 rings (SSSR count). The third-order valence-electron chi connectivity index (χ3n) is 5.21. The zero-order chi connectivity index (χ0) is 23.6. The minimum atomic E-state index is -0.366. The zero-order valence-electron chi connectivity index (χ0n) is 19.5. The average Bonchev–Trinajstić information content (AvgIpc) is 2.83. The number of methoxy groups -OCH3 is 1. The predicted octanol–water partition coefficient (Wildman–Crippen LogP) is 6.01. The predicted molar refractivity (Wildman–Crippen MR) is 131 cm³/mol. The van der Waals surface area contributed by atoms with Gasteiger partial charge in [-0.15, -0.1) is 0 Å². The minimum Gasteiger partial charge on any atom is -0.489 e. The number of nitrogens with zero attached hydrogens (tertiary/aromatic N) is 1. The molecule has 0 heterocycles. The van der Waals surface area contributed by atoms with E-state index in [2.05, 4.69) is 24.2 Å². The summed E-state index contributed by atoms with van der Waals surface area (Å²) in [6.45, 7) is 6.62. The Balaban J connectivity index is 1.62. The van der Waals surface area contributed by atoms with Crippen molar-refractivity contribution in [3.8, 4) is 5.75 Å². The first-order valence-electron chi connectivity index (χ1n) is 10.8.